The third-order valence-corrected chi connectivity index (χ3v) is 3.85. The van der Waals surface area contributed by atoms with Crippen molar-refractivity contribution < 1.29 is 4.79 Å². The van der Waals surface area contributed by atoms with Crippen LogP contribution < -0.4 is 10.2 Å². The normalized spacial score (nSPS) is 14.4. The largest absolute Gasteiger partial charge is 0.311 e. The van der Waals surface area contributed by atoms with E-state index in [1.807, 2.05) is 42.2 Å². The summed E-state index contributed by atoms with van der Waals surface area (Å²) in [6.07, 6.45) is 2.09. The van der Waals surface area contributed by atoms with E-state index in [2.05, 4.69) is 16.4 Å². The molecule has 0 radical (unpaired) electrons. The molecule has 1 aliphatic heterocycles. The summed E-state index contributed by atoms with van der Waals surface area (Å²) in [6, 6.07) is 12.0. The lowest BCUT2D eigenvalue weighted by atomic mass is 10.1. The molecule has 3 rings (SSSR count). The van der Waals surface area contributed by atoms with Gasteiger partial charge < -0.3 is 10.2 Å². The molecule has 1 aliphatic rings. The maximum absolute atomic E-state index is 12.7. The highest BCUT2D eigenvalue weighted by Gasteiger charge is 2.21. The fourth-order valence-electron chi connectivity index (χ4n) is 2.66. The van der Waals surface area contributed by atoms with Crippen molar-refractivity contribution in [3.63, 3.8) is 0 Å². The highest BCUT2D eigenvalue weighted by molar-refractivity contribution is 5.95. The van der Waals surface area contributed by atoms with Gasteiger partial charge in [0, 0.05) is 31.5 Å². The molecule has 2 aromatic rings. The molecule has 4 heteroatoms. The predicted molar refractivity (Wildman–Crippen MR) is 83.2 cm³/mol. The number of rotatable bonds is 2. The minimum Gasteiger partial charge on any atom is -0.311 e. The molecule has 4 nitrogen and oxygen atoms in total. The van der Waals surface area contributed by atoms with E-state index in [0.29, 0.717) is 13.0 Å². The summed E-state index contributed by atoms with van der Waals surface area (Å²) in [6.45, 7) is 4.31. The van der Waals surface area contributed by atoms with Crippen molar-refractivity contribution in [3.8, 4) is 0 Å². The Balaban J connectivity index is 1.86. The summed E-state index contributed by atoms with van der Waals surface area (Å²) in [5.74, 6) is 0.105. The molecule has 2 heterocycles. The molecule has 1 aromatic heterocycles. The minimum atomic E-state index is 0.105. The molecule has 0 fully saturated rings. The summed E-state index contributed by atoms with van der Waals surface area (Å²) in [7, 11) is 0. The molecule has 0 spiro atoms. The molecule has 1 aromatic carbocycles. The fourth-order valence-corrected chi connectivity index (χ4v) is 2.66. The van der Waals surface area contributed by atoms with Crippen molar-refractivity contribution >= 4 is 11.6 Å². The van der Waals surface area contributed by atoms with Crippen LogP contribution >= 0.6 is 0 Å². The van der Waals surface area contributed by atoms with Crippen LogP contribution in [0.4, 0.5) is 5.69 Å². The van der Waals surface area contributed by atoms with Gasteiger partial charge in [0.1, 0.15) is 0 Å². The van der Waals surface area contributed by atoms with Crippen molar-refractivity contribution in [3.05, 3.63) is 59.4 Å². The third-order valence-electron chi connectivity index (χ3n) is 3.85. The number of amides is 1. The molecule has 0 aliphatic carbocycles. The number of pyridine rings is 1. The van der Waals surface area contributed by atoms with Gasteiger partial charge >= 0.3 is 0 Å². The van der Waals surface area contributed by atoms with Gasteiger partial charge in [-0.15, -0.1) is 0 Å². The number of nitrogens with one attached hydrogen (secondary N) is 1. The highest BCUT2D eigenvalue weighted by Crippen LogP contribution is 2.23. The molecule has 0 atom stereocenters. The number of nitrogens with zero attached hydrogens (tertiary/aromatic N) is 2. The molecular formula is C17H19N3O. The Morgan fingerprint density at radius 1 is 1.29 bits per heavy atom. The summed E-state index contributed by atoms with van der Waals surface area (Å²) in [4.78, 5) is 18.9. The Hall–Kier alpha value is -2.20. The van der Waals surface area contributed by atoms with Gasteiger partial charge in [0.25, 0.3) is 0 Å². The second-order valence-corrected chi connectivity index (χ2v) is 5.29. The van der Waals surface area contributed by atoms with Gasteiger partial charge in [0.15, 0.2) is 0 Å². The fraction of sp³-hybridized carbons (Fsp3) is 0.294. The number of hydrogen-bond acceptors (Lipinski definition) is 3. The van der Waals surface area contributed by atoms with Crippen molar-refractivity contribution in [2.45, 2.75) is 19.9 Å². The average molecular weight is 281 g/mol. The minimum absolute atomic E-state index is 0.105. The zero-order valence-electron chi connectivity index (χ0n) is 12.2. The van der Waals surface area contributed by atoms with Crippen LogP contribution in [0.2, 0.25) is 0 Å². The van der Waals surface area contributed by atoms with E-state index in [1.54, 1.807) is 6.20 Å². The van der Waals surface area contributed by atoms with Crippen molar-refractivity contribution in [2.24, 2.45) is 0 Å². The number of aromatic nitrogens is 1. The first-order chi connectivity index (χ1) is 10.3. The Labute approximate surface area is 124 Å². The standard InChI is InChI=1S/C17H19N3O/c1-13-5-4-8-19-15(13)11-17(21)20-10-9-18-12-14-6-2-3-7-16(14)20/h2-8,18H,9-12H2,1H3. The first-order valence-electron chi connectivity index (χ1n) is 7.25. The number of aryl methyl sites for hydroxylation is 1. The summed E-state index contributed by atoms with van der Waals surface area (Å²) >= 11 is 0. The second kappa shape index (κ2) is 6.06. The molecular weight excluding hydrogens is 262 g/mol. The Bertz CT molecular complexity index is 654. The van der Waals surface area contributed by atoms with Gasteiger partial charge in [0.2, 0.25) is 5.91 Å². The zero-order chi connectivity index (χ0) is 14.7. The van der Waals surface area contributed by atoms with E-state index >= 15 is 0 Å². The van der Waals surface area contributed by atoms with E-state index in [9.17, 15) is 4.79 Å². The number of fused-ring (bicyclic) bond motifs is 1. The van der Waals surface area contributed by atoms with Crippen LogP contribution in [0.3, 0.4) is 0 Å². The van der Waals surface area contributed by atoms with Gasteiger partial charge in [-0.25, -0.2) is 0 Å². The Morgan fingerprint density at radius 3 is 3.00 bits per heavy atom. The molecule has 0 saturated carbocycles. The number of carbonyl (C=O) groups excluding carboxylic acids is 1. The topological polar surface area (TPSA) is 45.2 Å². The van der Waals surface area contributed by atoms with Crippen LogP contribution in [-0.4, -0.2) is 24.0 Å². The summed E-state index contributed by atoms with van der Waals surface area (Å²) in [5.41, 5.74) is 4.10. The molecule has 1 amide bonds. The van der Waals surface area contributed by atoms with Crippen LogP contribution in [0.25, 0.3) is 0 Å². The van der Waals surface area contributed by atoms with Crippen molar-refractivity contribution in [1.29, 1.82) is 0 Å². The van der Waals surface area contributed by atoms with Gasteiger partial charge in [0.05, 0.1) is 12.1 Å². The van der Waals surface area contributed by atoms with Crippen LogP contribution in [0.5, 0.6) is 0 Å². The van der Waals surface area contributed by atoms with Crippen molar-refractivity contribution in [2.75, 3.05) is 18.0 Å². The Morgan fingerprint density at radius 2 is 2.14 bits per heavy atom. The van der Waals surface area contributed by atoms with Crippen molar-refractivity contribution in [1.82, 2.24) is 10.3 Å². The lowest BCUT2D eigenvalue weighted by molar-refractivity contribution is -0.118. The number of carbonyl (C=O) groups is 1. The lowest BCUT2D eigenvalue weighted by Gasteiger charge is -2.22. The maximum Gasteiger partial charge on any atom is 0.233 e. The number of hydrogen-bond donors (Lipinski definition) is 1. The molecule has 0 bridgehead atoms. The monoisotopic (exact) mass is 281 g/mol. The number of anilines is 1. The van der Waals surface area contributed by atoms with Crippen LogP contribution in [-0.2, 0) is 17.8 Å². The molecule has 0 saturated heterocycles. The molecule has 1 N–H and O–H groups in total. The quantitative estimate of drug-likeness (QED) is 0.916. The van der Waals surface area contributed by atoms with E-state index < -0.39 is 0 Å². The third kappa shape index (κ3) is 2.95. The number of benzene rings is 1. The van der Waals surface area contributed by atoms with E-state index in [0.717, 1.165) is 30.0 Å². The van der Waals surface area contributed by atoms with E-state index in [1.165, 1.54) is 5.56 Å². The lowest BCUT2D eigenvalue weighted by Crippen LogP contribution is -2.36. The average Bonchev–Trinajstić information content (AvgIpc) is 2.72. The predicted octanol–water partition coefficient (Wildman–Crippen LogP) is 2.07. The van der Waals surface area contributed by atoms with Gasteiger partial charge in [-0.05, 0) is 30.2 Å². The van der Waals surface area contributed by atoms with Gasteiger partial charge in [-0.3, -0.25) is 9.78 Å². The maximum atomic E-state index is 12.7. The van der Waals surface area contributed by atoms with Gasteiger partial charge in [-0.1, -0.05) is 24.3 Å². The SMILES string of the molecule is Cc1cccnc1CC(=O)N1CCNCc2ccccc21. The summed E-state index contributed by atoms with van der Waals surface area (Å²) in [5, 5.41) is 3.35. The highest BCUT2D eigenvalue weighted by atomic mass is 16.2. The smallest absolute Gasteiger partial charge is 0.233 e. The zero-order valence-corrected chi connectivity index (χ0v) is 12.2. The summed E-state index contributed by atoms with van der Waals surface area (Å²) < 4.78 is 0. The number of para-hydroxylation sites is 1. The van der Waals surface area contributed by atoms with Crippen LogP contribution in [0.1, 0.15) is 16.8 Å². The molecule has 21 heavy (non-hydrogen) atoms. The van der Waals surface area contributed by atoms with E-state index in [4.69, 9.17) is 0 Å². The molecule has 108 valence electrons. The first kappa shape index (κ1) is 13.8. The second-order valence-electron chi connectivity index (χ2n) is 5.29. The molecule has 0 unspecified atom stereocenters. The van der Waals surface area contributed by atoms with Crippen LogP contribution in [0, 0.1) is 6.92 Å². The van der Waals surface area contributed by atoms with Crippen LogP contribution in [0.15, 0.2) is 42.6 Å². The Kier molecular flexibility index (Phi) is 3.97. The van der Waals surface area contributed by atoms with E-state index in [-0.39, 0.29) is 5.91 Å². The van der Waals surface area contributed by atoms with Gasteiger partial charge in [-0.2, -0.15) is 0 Å². The first-order valence-corrected chi connectivity index (χ1v) is 7.25.